The second kappa shape index (κ2) is 2.25. The van der Waals surface area contributed by atoms with E-state index in [1.807, 2.05) is 0 Å². The van der Waals surface area contributed by atoms with Gasteiger partial charge in [0.25, 0.3) is 0 Å². The van der Waals surface area contributed by atoms with Gasteiger partial charge in [-0.1, -0.05) is 0 Å². The predicted octanol–water partition coefficient (Wildman–Crippen LogP) is -0.0125. The molecule has 0 spiro atoms. The van der Waals surface area contributed by atoms with Gasteiger partial charge in [0.1, 0.15) is 6.61 Å². The van der Waals surface area contributed by atoms with Crippen LogP contribution < -0.4 is 0 Å². The summed E-state index contributed by atoms with van der Waals surface area (Å²) < 4.78 is 30.4. The fourth-order valence-electron chi connectivity index (χ4n) is 0.122. The Kier molecular flexibility index (Phi) is 2.21. The van der Waals surface area contributed by atoms with E-state index in [4.69, 9.17) is 4.55 Å². The van der Waals surface area contributed by atoms with E-state index in [-0.39, 0.29) is 0 Å². The molecule has 0 fully saturated rings. The molecule has 0 aliphatic heterocycles. The van der Waals surface area contributed by atoms with Gasteiger partial charge in [-0.3, -0.25) is 4.55 Å². The molecule has 0 amide bonds. The molecule has 0 aromatic heterocycles. The lowest BCUT2D eigenvalue weighted by molar-refractivity contribution is 0.327. The van der Waals surface area contributed by atoms with Gasteiger partial charge in [-0.05, 0) is 6.92 Å². The minimum Gasteiger partial charge on any atom is -0.264 e. The first-order chi connectivity index (χ1) is 3.06. The van der Waals surface area contributed by atoms with Gasteiger partial charge >= 0.3 is 10.4 Å². The Morgan fingerprint density at radius 2 is 2.14 bits per heavy atom. The predicted molar refractivity (Wildman–Crippen MR) is 22.6 cm³/mol. The van der Waals surface area contributed by atoms with E-state index in [1.165, 1.54) is 6.92 Å². The van der Waals surface area contributed by atoms with Crippen LogP contribution in [0.5, 0.6) is 0 Å². The van der Waals surface area contributed by atoms with E-state index >= 15 is 0 Å². The zero-order valence-corrected chi connectivity index (χ0v) is 4.47. The summed E-state index contributed by atoms with van der Waals surface area (Å²) in [5.74, 6) is 0. The molecule has 0 aromatic carbocycles. The fraction of sp³-hybridized carbons (Fsp3) is 0.500. The highest BCUT2D eigenvalue weighted by atomic mass is 32.3. The van der Waals surface area contributed by atoms with Crippen molar-refractivity contribution in [2.24, 2.45) is 0 Å². The monoisotopic (exact) mass is 125 g/mol. The molecular formula is C2H5O4S. The summed E-state index contributed by atoms with van der Waals surface area (Å²) in [5, 5.41) is 0. The van der Waals surface area contributed by atoms with E-state index in [1.54, 1.807) is 0 Å². The van der Waals surface area contributed by atoms with Crippen molar-refractivity contribution in [1.29, 1.82) is 0 Å². The van der Waals surface area contributed by atoms with Gasteiger partial charge in [-0.2, -0.15) is 8.42 Å². The second-order valence-corrected chi connectivity index (χ2v) is 1.81. The van der Waals surface area contributed by atoms with E-state index in [0.29, 0.717) is 0 Å². The van der Waals surface area contributed by atoms with E-state index in [0.717, 1.165) is 6.61 Å². The van der Waals surface area contributed by atoms with Crippen molar-refractivity contribution in [2.75, 3.05) is 0 Å². The van der Waals surface area contributed by atoms with Gasteiger partial charge in [-0.15, -0.1) is 0 Å². The molecule has 0 unspecified atom stereocenters. The maximum absolute atomic E-state index is 9.53. The first kappa shape index (κ1) is 6.87. The van der Waals surface area contributed by atoms with Crippen LogP contribution in [0.3, 0.4) is 0 Å². The van der Waals surface area contributed by atoms with Gasteiger partial charge in [0.15, 0.2) is 0 Å². The summed E-state index contributed by atoms with van der Waals surface area (Å²) in [6.07, 6.45) is 0. The fourth-order valence-corrected chi connectivity index (χ4v) is 0.365. The maximum Gasteiger partial charge on any atom is 0.397 e. The van der Waals surface area contributed by atoms with E-state index < -0.39 is 10.4 Å². The minimum atomic E-state index is -4.23. The third kappa shape index (κ3) is 5.87. The van der Waals surface area contributed by atoms with Crippen LogP contribution in [-0.4, -0.2) is 13.0 Å². The van der Waals surface area contributed by atoms with Crippen LogP contribution in [-0.2, 0) is 14.6 Å². The molecule has 0 heterocycles. The number of hydrogen-bond donors (Lipinski definition) is 1. The van der Waals surface area contributed by atoms with Gasteiger partial charge in [0.05, 0.1) is 0 Å². The highest BCUT2D eigenvalue weighted by Crippen LogP contribution is 1.85. The normalized spacial score (nSPS) is 11.7. The van der Waals surface area contributed by atoms with Gasteiger partial charge in [0, 0.05) is 0 Å². The van der Waals surface area contributed by atoms with Crippen molar-refractivity contribution in [1.82, 2.24) is 0 Å². The first-order valence-electron chi connectivity index (χ1n) is 1.50. The van der Waals surface area contributed by atoms with Crippen molar-refractivity contribution < 1.29 is 17.2 Å². The average molecular weight is 125 g/mol. The van der Waals surface area contributed by atoms with Crippen molar-refractivity contribution in [3.8, 4) is 0 Å². The van der Waals surface area contributed by atoms with E-state index in [2.05, 4.69) is 4.18 Å². The topological polar surface area (TPSA) is 63.6 Å². The highest BCUT2D eigenvalue weighted by molar-refractivity contribution is 7.80. The SMILES string of the molecule is C[CH]OS(=O)(=O)O. The van der Waals surface area contributed by atoms with Crippen LogP contribution >= 0.6 is 0 Å². The van der Waals surface area contributed by atoms with Crippen LogP contribution in [0.1, 0.15) is 6.92 Å². The molecule has 0 aromatic rings. The molecule has 4 nitrogen and oxygen atoms in total. The number of hydrogen-bond acceptors (Lipinski definition) is 3. The quantitative estimate of drug-likeness (QED) is 0.527. The average Bonchev–Trinajstić information content (AvgIpc) is 1.30. The minimum absolute atomic E-state index is 0.870. The lowest BCUT2D eigenvalue weighted by Crippen LogP contribution is -1.98. The molecule has 1 N–H and O–H groups in total. The zero-order chi connectivity index (χ0) is 5.91. The Morgan fingerprint density at radius 1 is 1.71 bits per heavy atom. The van der Waals surface area contributed by atoms with Crippen molar-refractivity contribution >= 4 is 10.4 Å². The van der Waals surface area contributed by atoms with Crippen LogP contribution in [0.25, 0.3) is 0 Å². The Morgan fingerprint density at radius 3 is 2.14 bits per heavy atom. The number of rotatable bonds is 2. The Bertz CT molecular complexity index is 123. The summed E-state index contributed by atoms with van der Waals surface area (Å²) in [5.41, 5.74) is 0. The molecule has 0 aliphatic rings. The van der Waals surface area contributed by atoms with Crippen LogP contribution in [0.15, 0.2) is 0 Å². The summed E-state index contributed by atoms with van der Waals surface area (Å²) in [7, 11) is -4.23. The molecule has 1 radical (unpaired) electrons. The molecule has 0 saturated heterocycles. The molecule has 7 heavy (non-hydrogen) atoms. The highest BCUT2D eigenvalue weighted by Gasteiger charge is 1.98. The lowest BCUT2D eigenvalue weighted by atomic mass is 10.9. The van der Waals surface area contributed by atoms with Crippen molar-refractivity contribution in [2.45, 2.75) is 6.92 Å². The third-order valence-corrected chi connectivity index (χ3v) is 0.653. The summed E-state index contributed by atoms with van der Waals surface area (Å²) >= 11 is 0. The van der Waals surface area contributed by atoms with Crippen LogP contribution in [0, 0.1) is 6.61 Å². The zero-order valence-electron chi connectivity index (χ0n) is 3.66. The standard InChI is InChI=1S/C2H5O4S/c1-2-6-7(3,4)5/h2H,1H3,(H,3,4,5). The first-order valence-corrected chi connectivity index (χ1v) is 2.86. The lowest BCUT2D eigenvalue weighted by Gasteiger charge is -1.87. The molecule has 43 valence electrons. The molecular weight excluding hydrogens is 120 g/mol. The largest absolute Gasteiger partial charge is 0.397 e. The molecule has 0 aliphatic carbocycles. The van der Waals surface area contributed by atoms with Crippen LogP contribution in [0.2, 0.25) is 0 Å². The Balaban J connectivity index is 3.60. The van der Waals surface area contributed by atoms with Gasteiger partial charge in [-0.25, -0.2) is 4.18 Å². The smallest absolute Gasteiger partial charge is 0.264 e. The summed E-state index contributed by atoms with van der Waals surface area (Å²) in [4.78, 5) is 0. The Hall–Kier alpha value is -0.130. The molecule has 0 saturated carbocycles. The van der Waals surface area contributed by atoms with Crippen LogP contribution in [0.4, 0.5) is 0 Å². The van der Waals surface area contributed by atoms with Gasteiger partial charge in [0.2, 0.25) is 0 Å². The second-order valence-electron chi connectivity index (χ2n) is 0.760. The van der Waals surface area contributed by atoms with Crippen molar-refractivity contribution in [3.63, 3.8) is 0 Å². The molecule has 0 atom stereocenters. The molecule has 5 heteroatoms. The Labute approximate surface area is 42.1 Å². The third-order valence-electron chi connectivity index (χ3n) is 0.218. The molecule has 0 rings (SSSR count). The van der Waals surface area contributed by atoms with Crippen molar-refractivity contribution in [3.05, 3.63) is 6.61 Å². The maximum atomic E-state index is 9.53. The summed E-state index contributed by atoms with van der Waals surface area (Å²) in [6, 6.07) is 0. The van der Waals surface area contributed by atoms with Gasteiger partial charge < -0.3 is 0 Å². The van der Waals surface area contributed by atoms with E-state index in [9.17, 15) is 8.42 Å². The molecule has 0 bridgehead atoms. The summed E-state index contributed by atoms with van der Waals surface area (Å²) in [6.45, 7) is 2.21.